The zero-order valence-electron chi connectivity index (χ0n) is 13.1. The zero-order valence-corrected chi connectivity index (χ0v) is 13.1. The Hall–Kier alpha value is -2.11. The molecular weight excluding hydrogens is 272 g/mol. The molecule has 1 rings (SSSR count). The van der Waals surface area contributed by atoms with Gasteiger partial charge in [-0.25, -0.2) is 4.79 Å². The molecule has 0 fully saturated rings. The summed E-state index contributed by atoms with van der Waals surface area (Å²) < 4.78 is 15.9. The average molecular weight is 296 g/mol. The summed E-state index contributed by atoms with van der Waals surface area (Å²) in [7, 11) is 4.73. The molecule has 1 aromatic carbocycles. The topological polar surface area (TPSA) is 68.8 Å². The molecule has 6 heteroatoms. The maximum atomic E-state index is 11.4. The van der Waals surface area contributed by atoms with Gasteiger partial charge in [-0.15, -0.1) is 0 Å². The molecule has 1 aromatic rings. The Kier molecular flexibility index (Phi) is 7.21. The van der Waals surface area contributed by atoms with Crippen LogP contribution in [-0.4, -0.2) is 40.5 Å². The summed E-state index contributed by atoms with van der Waals surface area (Å²) >= 11 is 0. The first-order valence-corrected chi connectivity index (χ1v) is 6.96. The zero-order chi connectivity index (χ0) is 15.7. The lowest BCUT2D eigenvalue weighted by molar-refractivity contribution is 0.241. The van der Waals surface area contributed by atoms with E-state index in [1.807, 2.05) is 19.1 Å². The predicted octanol–water partition coefficient (Wildman–Crippen LogP) is 1.96. The quantitative estimate of drug-likeness (QED) is 0.769. The molecule has 0 heterocycles. The largest absolute Gasteiger partial charge is 0.493 e. The predicted molar refractivity (Wildman–Crippen MR) is 81.5 cm³/mol. The van der Waals surface area contributed by atoms with Gasteiger partial charge < -0.3 is 24.8 Å². The molecule has 0 bridgehead atoms. The Morgan fingerprint density at radius 3 is 2.05 bits per heavy atom. The minimum atomic E-state index is -0.149. The molecule has 21 heavy (non-hydrogen) atoms. The fourth-order valence-electron chi connectivity index (χ4n) is 1.90. The summed E-state index contributed by atoms with van der Waals surface area (Å²) in [6, 6.07) is 3.62. The molecule has 0 atom stereocenters. The molecule has 0 radical (unpaired) electrons. The van der Waals surface area contributed by atoms with E-state index in [9.17, 15) is 4.79 Å². The van der Waals surface area contributed by atoms with Crippen molar-refractivity contribution in [3.63, 3.8) is 0 Å². The fraction of sp³-hybridized carbons (Fsp3) is 0.533. The van der Waals surface area contributed by atoms with E-state index in [4.69, 9.17) is 14.2 Å². The maximum absolute atomic E-state index is 11.4. The van der Waals surface area contributed by atoms with Gasteiger partial charge in [0.15, 0.2) is 11.5 Å². The van der Waals surface area contributed by atoms with Crippen LogP contribution in [0.1, 0.15) is 18.9 Å². The lowest BCUT2D eigenvalue weighted by atomic mass is 10.1. The van der Waals surface area contributed by atoms with Crippen molar-refractivity contribution in [2.75, 3.05) is 34.4 Å². The van der Waals surface area contributed by atoms with Crippen LogP contribution in [-0.2, 0) is 6.42 Å². The molecule has 6 nitrogen and oxygen atoms in total. The number of carbonyl (C=O) groups excluding carboxylic acids is 1. The standard InChI is InChI=1S/C15H24N2O4/c1-5-7-16-15(18)17-8-6-11-9-12(19-2)14(21-4)13(10-11)20-3/h9-10H,5-8H2,1-4H3,(H2,16,17,18). The maximum Gasteiger partial charge on any atom is 0.314 e. The Morgan fingerprint density at radius 1 is 1.00 bits per heavy atom. The van der Waals surface area contributed by atoms with Gasteiger partial charge in [0.1, 0.15) is 0 Å². The highest BCUT2D eigenvalue weighted by Gasteiger charge is 2.13. The number of methoxy groups -OCH3 is 3. The first kappa shape index (κ1) is 16.9. The van der Waals surface area contributed by atoms with Crippen LogP contribution in [0.15, 0.2) is 12.1 Å². The van der Waals surface area contributed by atoms with Crippen LogP contribution in [0.2, 0.25) is 0 Å². The first-order valence-electron chi connectivity index (χ1n) is 6.96. The van der Waals surface area contributed by atoms with E-state index < -0.39 is 0 Å². The number of rotatable bonds is 8. The molecule has 0 aromatic heterocycles. The van der Waals surface area contributed by atoms with E-state index in [1.165, 1.54) is 0 Å². The summed E-state index contributed by atoms with van der Waals surface area (Å²) in [5.74, 6) is 1.79. The van der Waals surface area contributed by atoms with Gasteiger partial charge in [0.05, 0.1) is 21.3 Å². The Bertz CT molecular complexity index is 438. The molecule has 0 saturated carbocycles. The van der Waals surface area contributed by atoms with E-state index in [0.29, 0.717) is 36.8 Å². The number of hydrogen-bond donors (Lipinski definition) is 2. The Labute approximate surface area is 125 Å². The van der Waals surface area contributed by atoms with Crippen molar-refractivity contribution in [1.29, 1.82) is 0 Å². The van der Waals surface area contributed by atoms with Gasteiger partial charge in [-0.3, -0.25) is 0 Å². The average Bonchev–Trinajstić information content (AvgIpc) is 2.51. The van der Waals surface area contributed by atoms with Gasteiger partial charge in [-0.1, -0.05) is 6.92 Å². The SMILES string of the molecule is CCCNC(=O)NCCc1cc(OC)c(OC)c(OC)c1. The second-order valence-corrected chi connectivity index (χ2v) is 4.47. The number of benzene rings is 1. The van der Waals surface area contributed by atoms with E-state index in [1.54, 1.807) is 21.3 Å². The number of carbonyl (C=O) groups is 1. The van der Waals surface area contributed by atoms with Crippen molar-refractivity contribution in [1.82, 2.24) is 10.6 Å². The van der Waals surface area contributed by atoms with E-state index in [2.05, 4.69) is 10.6 Å². The lowest BCUT2D eigenvalue weighted by Gasteiger charge is -2.14. The van der Waals surface area contributed by atoms with E-state index >= 15 is 0 Å². The fourth-order valence-corrected chi connectivity index (χ4v) is 1.90. The second kappa shape index (κ2) is 8.94. The normalized spacial score (nSPS) is 9.90. The van der Waals surface area contributed by atoms with Gasteiger partial charge in [0, 0.05) is 13.1 Å². The van der Waals surface area contributed by atoms with Gasteiger partial charge in [-0.2, -0.15) is 0 Å². The smallest absolute Gasteiger partial charge is 0.314 e. The Morgan fingerprint density at radius 2 is 1.57 bits per heavy atom. The van der Waals surface area contributed by atoms with Crippen molar-refractivity contribution in [2.45, 2.75) is 19.8 Å². The molecule has 2 amide bonds. The molecule has 0 aliphatic carbocycles. The highest BCUT2D eigenvalue weighted by molar-refractivity contribution is 5.73. The molecule has 0 aliphatic heterocycles. The van der Waals surface area contributed by atoms with Crippen molar-refractivity contribution in [3.8, 4) is 17.2 Å². The monoisotopic (exact) mass is 296 g/mol. The Balaban J connectivity index is 2.65. The number of hydrogen-bond acceptors (Lipinski definition) is 4. The number of ether oxygens (including phenoxy) is 3. The van der Waals surface area contributed by atoms with Gasteiger partial charge in [0.25, 0.3) is 0 Å². The molecule has 0 spiro atoms. The summed E-state index contributed by atoms with van der Waals surface area (Å²) in [4.78, 5) is 11.4. The molecule has 0 unspecified atom stereocenters. The minimum Gasteiger partial charge on any atom is -0.493 e. The van der Waals surface area contributed by atoms with E-state index in [0.717, 1.165) is 12.0 Å². The number of urea groups is 1. The number of nitrogens with one attached hydrogen (secondary N) is 2. The molecule has 0 aliphatic rings. The highest BCUT2D eigenvalue weighted by atomic mass is 16.5. The van der Waals surface area contributed by atoms with Crippen LogP contribution in [0, 0.1) is 0 Å². The van der Waals surface area contributed by atoms with Crippen LogP contribution in [0.25, 0.3) is 0 Å². The van der Waals surface area contributed by atoms with Gasteiger partial charge in [-0.05, 0) is 30.5 Å². The summed E-state index contributed by atoms with van der Waals surface area (Å²) in [5.41, 5.74) is 1.00. The molecular formula is C15H24N2O4. The third kappa shape index (κ3) is 5.06. The third-order valence-electron chi connectivity index (χ3n) is 2.96. The molecule has 118 valence electrons. The third-order valence-corrected chi connectivity index (χ3v) is 2.96. The number of amides is 2. The molecule has 2 N–H and O–H groups in total. The van der Waals surface area contributed by atoms with Crippen LogP contribution in [0.4, 0.5) is 4.79 Å². The van der Waals surface area contributed by atoms with Crippen molar-refractivity contribution >= 4 is 6.03 Å². The van der Waals surface area contributed by atoms with Crippen molar-refractivity contribution in [2.24, 2.45) is 0 Å². The van der Waals surface area contributed by atoms with Gasteiger partial charge >= 0.3 is 6.03 Å². The summed E-state index contributed by atoms with van der Waals surface area (Å²) in [6.07, 6.45) is 1.59. The van der Waals surface area contributed by atoms with Crippen LogP contribution in [0.5, 0.6) is 17.2 Å². The minimum absolute atomic E-state index is 0.149. The van der Waals surface area contributed by atoms with Crippen LogP contribution >= 0.6 is 0 Å². The highest BCUT2D eigenvalue weighted by Crippen LogP contribution is 2.38. The van der Waals surface area contributed by atoms with Gasteiger partial charge in [0.2, 0.25) is 5.75 Å². The van der Waals surface area contributed by atoms with Crippen molar-refractivity contribution < 1.29 is 19.0 Å². The van der Waals surface area contributed by atoms with Crippen LogP contribution < -0.4 is 24.8 Å². The summed E-state index contributed by atoms with van der Waals surface area (Å²) in [6.45, 7) is 3.22. The van der Waals surface area contributed by atoms with Crippen LogP contribution in [0.3, 0.4) is 0 Å². The molecule has 0 saturated heterocycles. The van der Waals surface area contributed by atoms with Crippen molar-refractivity contribution in [3.05, 3.63) is 17.7 Å². The lowest BCUT2D eigenvalue weighted by Crippen LogP contribution is -2.36. The first-order chi connectivity index (χ1) is 10.2. The second-order valence-electron chi connectivity index (χ2n) is 4.47. The van der Waals surface area contributed by atoms with E-state index in [-0.39, 0.29) is 6.03 Å². The summed E-state index contributed by atoms with van der Waals surface area (Å²) in [5, 5.41) is 5.57.